The predicted octanol–water partition coefficient (Wildman–Crippen LogP) is 2.65. The number of rotatable bonds is 2. The third-order valence-corrected chi connectivity index (χ3v) is 2.12. The van der Waals surface area contributed by atoms with Gasteiger partial charge in [0.05, 0.1) is 0 Å². The van der Waals surface area contributed by atoms with Gasteiger partial charge in [0.15, 0.2) is 0 Å². The van der Waals surface area contributed by atoms with Gasteiger partial charge in [0, 0.05) is 10.7 Å². The van der Waals surface area contributed by atoms with E-state index in [1.54, 1.807) is 6.21 Å². The fraction of sp³-hybridized carbons (Fsp3) is 0.111. The second kappa shape index (κ2) is 4.23. The van der Waals surface area contributed by atoms with Gasteiger partial charge in [-0.15, -0.1) is 10.2 Å². The molecule has 4 nitrogen and oxygen atoms in total. The Labute approximate surface area is 89.6 Å². The molecule has 0 fully saturated rings. The van der Waals surface area contributed by atoms with Crippen LogP contribution in [0.2, 0.25) is 0 Å². The van der Waals surface area contributed by atoms with E-state index in [2.05, 4.69) is 36.1 Å². The molecule has 0 aliphatic carbocycles. The first-order chi connectivity index (χ1) is 6.84. The summed E-state index contributed by atoms with van der Waals surface area (Å²) in [5, 5.41) is 7.37. The fourth-order valence-corrected chi connectivity index (χ4v) is 1.43. The van der Waals surface area contributed by atoms with Crippen molar-refractivity contribution in [1.82, 2.24) is 0 Å². The lowest BCUT2D eigenvalue weighted by molar-refractivity contribution is 0.755. The van der Waals surface area contributed by atoms with Gasteiger partial charge in [-0.25, -0.2) is 9.98 Å². The van der Waals surface area contributed by atoms with Crippen molar-refractivity contribution < 1.29 is 0 Å². The summed E-state index contributed by atoms with van der Waals surface area (Å²) < 4.78 is 1.03. The van der Waals surface area contributed by atoms with Crippen LogP contribution >= 0.6 is 15.9 Å². The Kier molecular flexibility index (Phi) is 2.78. The molecule has 2 rings (SSSR count). The molecule has 1 atom stereocenters. The van der Waals surface area contributed by atoms with Crippen LogP contribution in [0.5, 0.6) is 0 Å². The first-order valence-corrected chi connectivity index (χ1v) is 4.84. The minimum atomic E-state index is -0.394. The Balaban J connectivity index is 2.10. The predicted molar refractivity (Wildman–Crippen MR) is 58.9 cm³/mol. The highest BCUT2D eigenvalue weighted by Crippen LogP contribution is 2.10. The average molecular weight is 251 g/mol. The number of azo groups is 1. The molecule has 1 aromatic rings. The lowest BCUT2D eigenvalue weighted by Gasteiger charge is -1.95. The average Bonchev–Trinajstić information content (AvgIpc) is 2.67. The molecule has 0 saturated carbocycles. The summed E-state index contributed by atoms with van der Waals surface area (Å²) in [5.74, 6) is 0. The molecule has 5 heteroatoms. The summed E-state index contributed by atoms with van der Waals surface area (Å²) in [7, 11) is 0. The molecule has 0 spiro atoms. The summed E-state index contributed by atoms with van der Waals surface area (Å²) in [6.45, 7) is 0. The SMILES string of the molecule is Brc1cccc(C=N[C@@H]2N=CN=N2)c1. The maximum atomic E-state index is 4.13. The molecule has 0 radical (unpaired) electrons. The van der Waals surface area contributed by atoms with Gasteiger partial charge in [-0.2, -0.15) is 0 Å². The molecule has 1 aliphatic heterocycles. The van der Waals surface area contributed by atoms with Crippen LogP contribution in [-0.2, 0) is 0 Å². The van der Waals surface area contributed by atoms with E-state index >= 15 is 0 Å². The van der Waals surface area contributed by atoms with E-state index in [0.29, 0.717) is 0 Å². The van der Waals surface area contributed by atoms with Crippen LogP contribution in [-0.4, -0.2) is 18.8 Å². The van der Waals surface area contributed by atoms with E-state index in [-0.39, 0.29) is 0 Å². The van der Waals surface area contributed by atoms with Crippen molar-refractivity contribution in [1.29, 1.82) is 0 Å². The van der Waals surface area contributed by atoms with E-state index in [1.165, 1.54) is 6.34 Å². The van der Waals surface area contributed by atoms with Gasteiger partial charge in [0.2, 0.25) is 0 Å². The van der Waals surface area contributed by atoms with Gasteiger partial charge >= 0.3 is 0 Å². The Morgan fingerprint density at radius 3 is 3.07 bits per heavy atom. The largest absolute Gasteiger partial charge is 0.254 e. The van der Waals surface area contributed by atoms with Crippen LogP contribution in [0.4, 0.5) is 0 Å². The molecule has 70 valence electrons. The summed E-state index contributed by atoms with van der Waals surface area (Å²) in [6, 6.07) is 7.85. The van der Waals surface area contributed by atoms with Crippen LogP contribution in [0.1, 0.15) is 5.56 Å². The molecule has 0 N–H and O–H groups in total. The molecule has 0 saturated heterocycles. The second-order valence-electron chi connectivity index (χ2n) is 2.68. The molecular formula is C9H7BrN4. The van der Waals surface area contributed by atoms with E-state index < -0.39 is 6.29 Å². The van der Waals surface area contributed by atoms with Crippen LogP contribution in [0.3, 0.4) is 0 Å². The van der Waals surface area contributed by atoms with Crippen LogP contribution in [0, 0.1) is 0 Å². The highest BCUT2D eigenvalue weighted by atomic mass is 79.9. The highest BCUT2D eigenvalue weighted by Gasteiger charge is 2.01. The molecule has 14 heavy (non-hydrogen) atoms. The second-order valence-corrected chi connectivity index (χ2v) is 3.59. The van der Waals surface area contributed by atoms with Gasteiger partial charge in [0.25, 0.3) is 6.29 Å². The van der Waals surface area contributed by atoms with Crippen LogP contribution < -0.4 is 0 Å². The number of nitrogens with zero attached hydrogens (tertiary/aromatic N) is 4. The number of hydrogen-bond donors (Lipinski definition) is 0. The number of benzene rings is 1. The minimum Gasteiger partial charge on any atom is -0.243 e. The highest BCUT2D eigenvalue weighted by molar-refractivity contribution is 9.10. The zero-order valence-electron chi connectivity index (χ0n) is 7.21. The standard InChI is InChI=1S/C9H7BrN4/c10-8-3-1-2-7(4-8)5-11-9-12-6-13-14-9/h1-6,9H/t9-/m1/s1. The van der Waals surface area contributed by atoms with Gasteiger partial charge in [-0.05, 0) is 17.7 Å². The fourth-order valence-electron chi connectivity index (χ4n) is 1.02. The number of hydrogen-bond acceptors (Lipinski definition) is 4. The van der Waals surface area contributed by atoms with Crippen molar-refractivity contribution in [2.24, 2.45) is 20.2 Å². The van der Waals surface area contributed by atoms with Crippen molar-refractivity contribution in [2.75, 3.05) is 0 Å². The Morgan fingerprint density at radius 1 is 1.43 bits per heavy atom. The molecule has 0 unspecified atom stereocenters. The van der Waals surface area contributed by atoms with Crippen LogP contribution in [0.25, 0.3) is 0 Å². The molecule has 1 aromatic carbocycles. The third-order valence-electron chi connectivity index (χ3n) is 1.63. The van der Waals surface area contributed by atoms with Crippen molar-refractivity contribution in [3.8, 4) is 0 Å². The first kappa shape index (κ1) is 9.21. The quantitative estimate of drug-likeness (QED) is 0.725. The maximum Gasteiger partial charge on any atom is 0.254 e. The van der Waals surface area contributed by atoms with Crippen LogP contribution in [0.15, 0.2) is 49.0 Å². The molecule has 0 aromatic heterocycles. The Morgan fingerprint density at radius 2 is 2.36 bits per heavy atom. The summed E-state index contributed by atoms with van der Waals surface area (Å²) in [6.07, 6.45) is 2.74. The Hall–Kier alpha value is -1.36. The molecule has 0 bridgehead atoms. The van der Waals surface area contributed by atoms with Crippen molar-refractivity contribution in [3.63, 3.8) is 0 Å². The summed E-state index contributed by atoms with van der Waals surface area (Å²) >= 11 is 3.38. The number of aliphatic imine (C=N–C) groups is 2. The molecule has 1 heterocycles. The van der Waals surface area contributed by atoms with Gasteiger partial charge < -0.3 is 0 Å². The van der Waals surface area contributed by atoms with Gasteiger partial charge in [-0.1, -0.05) is 28.1 Å². The monoisotopic (exact) mass is 250 g/mol. The normalized spacial score (nSPS) is 19.6. The van der Waals surface area contributed by atoms with Crippen molar-refractivity contribution in [2.45, 2.75) is 6.29 Å². The third kappa shape index (κ3) is 2.32. The molecule has 1 aliphatic rings. The molecule has 0 amide bonds. The topological polar surface area (TPSA) is 49.4 Å². The Bertz CT molecular complexity index is 399. The minimum absolute atomic E-state index is 0.394. The number of halogens is 1. The van der Waals surface area contributed by atoms with Crippen molar-refractivity contribution in [3.05, 3.63) is 34.3 Å². The zero-order valence-corrected chi connectivity index (χ0v) is 8.79. The van der Waals surface area contributed by atoms with Gasteiger partial charge in [-0.3, -0.25) is 0 Å². The maximum absolute atomic E-state index is 4.13. The van der Waals surface area contributed by atoms with E-state index in [9.17, 15) is 0 Å². The molecular weight excluding hydrogens is 244 g/mol. The van der Waals surface area contributed by atoms with Gasteiger partial charge in [0.1, 0.15) is 6.34 Å². The summed E-state index contributed by atoms with van der Waals surface area (Å²) in [4.78, 5) is 8.04. The van der Waals surface area contributed by atoms with E-state index in [0.717, 1.165) is 10.0 Å². The van der Waals surface area contributed by atoms with E-state index in [4.69, 9.17) is 0 Å². The lowest BCUT2D eigenvalue weighted by atomic mass is 10.2. The smallest absolute Gasteiger partial charge is 0.243 e. The first-order valence-electron chi connectivity index (χ1n) is 4.05. The zero-order chi connectivity index (χ0) is 9.80. The van der Waals surface area contributed by atoms with Crippen molar-refractivity contribution >= 4 is 28.5 Å². The summed E-state index contributed by atoms with van der Waals surface area (Å²) in [5.41, 5.74) is 1.01. The lowest BCUT2D eigenvalue weighted by Crippen LogP contribution is -1.92. The van der Waals surface area contributed by atoms with E-state index in [1.807, 2.05) is 24.3 Å².